The Balaban J connectivity index is 2.15. The molecular weight excluding hydrogens is 258 g/mol. The van der Waals surface area contributed by atoms with Crippen LogP contribution in [-0.4, -0.2) is 18.0 Å². The quantitative estimate of drug-likeness (QED) is 0.907. The Hall–Kier alpha value is -1.53. The van der Waals surface area contributed by atoms with Crippen LogP contribution in [-0.2, 0) is 11.3 Å². The monoisotopic (exact) mass is 270 g/mol. The number of rotatable bonds is 5. The van der Waals surface area contributed by atoms with Crippen molar-refractivity contribution in [3.63, 3.8) is 0 Å². The summed E-state index contributed by atoms with van der Waals surface area (Å²) < 4.78 is 29.0. The number of nitrogens with two attached hydrogens (primary N) is 1. The number of hydrogen-bond donors (Lipinski definition) is 1. The highest BCUT2D eigenvalue weighted by Crippen LogP contribution is 2.26. The Bertz CT molecular complexity index is 516. The molecular formula is C12H12F2N2OS. The smallest absolute Gasteiger partial charge is 0.261 e. The number of nitrogens with zero attached hydrogens (tertiary/aromatic N) is 1. The van der Waals surface area contributed by atoms with Crippen LogP contribution < -0.4 is 5.73 Å². The Morgan fingerprint density at radius 3 is 2.78 bits per heavy atom. The van der Waals surface area contributed by atoms with Crippen molar-refractivity contribution in [1.29, 1.82) is 0 Å². The molecule has 2 N–H and O–H groups in total. The van der Waals surface area contributed by atoms with Gasteiger partial charge in [0.25, 0.3) is 6.43 Å². The zero-order valence-corrected chi connectivity index (χ0v) is 10.3. The molecule has 2 aromatic rings. The zero-order chi connectivity index (χ0) is 13.0. The van der Waals surface area contributed by atoms with Gasteiger partial charge in [0.15, 0.2) is 5.13 Å². The fourth-order valence-electron chi connectivity index (χ4n) is 1.57. The van der Waals surface area contributed by atoms with Gasteiger partial charge in [0.2, 0.25) is 0 Å². The molecule has 6 heteroatoms. The third-order valence-electron chi connectivity index (χ3n) is 2.32. The number of hydrogen-bond acceptors (Lipinski definition) is 4. The number of benzene rings is 1. The van der Waals surface area contributed by atoms with Crippen LogP contribution in [0.2, 0.25) is 0 Å². The Morgan fingerprint density at radius 1 is 1.33 bits per heavy atom. The Morgan fingerprint density at radius 2 is 2.11 bits per heavy atom. The highest BCUT2D eigenvalue weighted by molar-refractivity contribution is 7.13. The Kier molecular flexibility index (Phi) is 4.22. The standard InChI is InChI=1S/C12H12F2N2OS/c13-11(14)6-17-5-8-3-1-2-4-9(8)10-7-18-12(15)16-10/h1-4,7,11H,5-6H2,(H2,15,16). The molecule has 0 saturated carbocycles. The molecule has 0 aliphatic carbocycles. The molecule has 96 valence electrons. The third-order valence-corrected chi connectivity index (χ3v) is 2.99. The summed E-state index contributed by atoms with van der Waals surface area (Å²) in [5, 5.41) is 2.31. The van der Waals surface area contributed by atoms with Crippen molar-refractivity contribution in [1.82, 2.24) is 4.98 Å². The highest BCUT2D eigenvalue weighted by Gasteiger charge is 2.09. The van der Waals surface area contributed by atoms with E-state index in [0.717, 1.165) is 16.8 Å². The maximum atomic E-state index is 12.0. The molecule has 1 heterocycles. The van der Waals surface area contributed by atoms with E-state index in [9.17, 15) is 8.78 Å². The number of alkyl halides is 2. The zero-order valence-electron chi connectivity index (χ0n) is 9.48. The summed E-state index contributed by atoms with van der Waals surface area (Å²) in [7, 11) is 0. The van der Waals surface area contributed by atoms with E-state index in [0.29, 0.717) is 5.13 Å². The van der Waals surface area contributed by atoms with Crippen LogP contribution in [0.1, 0.15) is 5.56 Å². The van der Waals surface area contributed by atoms with E-state index in [1.165, 1.54) is 11.3 Å². The predicted molar refractivity (Wildman–Crippen MR) is 67.6 cm³/mol. The van der Waals surface area contributed by atoms with Crippen LogP contribution in [0.25, 0.3) is 11.3 Å². The van der Waals surface area contributed by atoms with Gasteiger partial charge in [-0.1, -0.05) is 24.3 Å². The first kappa shape index (κ1) is 12.9. The Labute approximate surface area is 107 Å². The van der Waals surface area contributed by atoms with Crippen molar-refractivity contribution in [2.75, 3.05) is 12.3 Å². The fourth-order valence-corrected chi connectivity index (χ4v) is 2.13. The molecule has 0 atom stereocenters. The number of nitrogen functional groups attached to an aromatic ring is 1. The minimum Gasteiger partial charge on any atom is -0.375 e. The molecule has 18 heavy (non-hydrogen) atoms. The van der Waals surface area contributed by atoms with Crippen molar-refractivity contribution in [3.8, 4) is 11.3 Å². The predicted octanol–water partition coefficient (Wildman–Crippen LogP) is 3.17. The van der Waals surface area contributed by atoms with Gasteiger partial charge in [0.1, 0.15) is 6.61 Å². The van der Waals surface area contributed by atoms with Gasteiger partial charge in [-0.3, -0.25) is 0 Å². The summed E-state index contributed by atoms with van der Waals surface area (Å²) in [6.45, 7) is -0.425. The second-order valence-corrected chi connectivity index (χ2v) is 4.52. The van der Waals surface area contributed by atoms with Crippen LogP contribution in [0.3, 0.4) is 0 Å². The number of halogens is 2. The molecule has 0 saturated heterocycles. The summed E-state index contributed by atoms with van der Waals surface area (Å²) >= 11 is 1.34. The lowest BCUT2D eigenvalue weighted by Crippen LogP contribution is -2.04. The molecule has 2 rings (SSSR count). The number of aromatic nitrogens is 1. The van der Waals surface area contributed by atoms with Gasteiger partial charge in [-0.2, -0.15) is 0 Å². The molecule has 1 aromatic carbocycles. The van der Waals surface area contributed by atoms with E-state index in [1.54, 1.807) is 0 Å². The SMILES string of the molecule is Nc1nc(-c2ccccc2COCC(F)F)cs1. The topological polar surface area (TPSA) is 48.1 Å². The fraction of sp³-hybridized carbons (Fsp3) is 0.250. The van der Waals surface area contributed by atoms with E-state index in [4.69, 9.17) is 10.5 Å². The molecule has 3 nitrogen and oxygen atoms in total. The van der Waals surface area contributed by atoms with E-state index in [2.05, 4.69) is 4.98 Å². The second kappa shape index (κ2) is 5.88. The molecule has 0 fully saturated rings. The van der Waals surface area contributed by atoms with Crippen molar-refractivity contribution in [2.24, 2.45) is 0 Å². The van der Waals surface area contributed by atoms with Crippen molar-refractivity contribution < 1.29 is 13.5 Å². The van der Waals surface area contributed by atoms with Gasteiger partial charge in [0, 0.05) is 10.9 Å². The van der Waals surface area contributed by atoms with Crippen LogP contribution in [0.4, 0.5) is 13.9 Å². The van der Waals surface area contributed by atoms with Gasteiger partial charge in [0.05, 0.1) is 12.3 Å². The summed E-state index contributed by atoms with van der Waals surface area (Å²) in [5.41, 5.74) is 8.01. The van der Waals surface area contributed by atoms with E-state index in [1.807, 2.05) is 29.6 Å². The minimum atomic E-state index is -2.45. The third kappa shape index (κ3) is 3.24. The van der Waals surface area contributed by atoms with Gasteiger partial charge in [-0.25, -0.2) is 13.8 Å². The minimum absolute atomic E-state index is 0.137. The molecule has 0 radical (unpaired) electrons. The first-order chi connectivity index (χ1) is 8.66. The van der Waals surface area contributed by atoms with Gasteiger partial charge in [-0.05, 0) is 5.56 Å². The summed E-state index contributed by atoms with van der Waals surface area (Å²) in [5.74, 6) is 0. The number of thiazole rings is 1. The lowest BCUT2D eigenvalue weighted by Gasteiger charge is -2.08. The molecule has 0 amide bonds. The summed E-state index contributed by atoms with van der Waals surface area (Å²) in [4.78, 5) is 4.18. The van der Waals surface area contributed by atoms with E-state index >= 15 is 0 Å². The molecule has 0 unspecified atom stereocenters. The molecule has 1 aromatic heterocycles. The first-order valence-corrected chi connectivity index (χ1v) is 6.20. The van der Waals surface area contributed by atoms with Crippen LogP contribution in [0, 0.1) is 0 Å². The molecule has 0 bridgehead atoms. The number of ether oxygens (including phenoxy) is 1. The maximum absolute atomic E-state index is 12.0. The van der Waals surface area contributed by atoms with Crippen LogP contribution >= 0.6 is 11.3 Å². The van der Waals surface area contributed by atoms with Crippen molar-refractivity contribution in [2.45, 2.75) is 13.0 Å². The van der Waals surface area contributed by atoms with Crippen molar-refractivity contribution >= 4 is 16.5 Å². The maximum Gasteiger partial charge on any atom is 0.261 e. The largest absolute Gasteiger partial charge is 0.375 e. The van der Waals surface area contributed by atoms with E-state index in [-0.39, 0.29) is 6.61 Å². The van der Waals surface area contributed by atoms with E-state index < -0.39 is 13.0 Å². The lowest BCUT2D eigenvalue weighted by molar-refractivity contribution is 0.0100. The molecule has 0 aliphatic heterocycles. The van der Waals surface area contributed by atoms with Crippen LogP contribution in [0.5, 0.6) is 0 Å². The average Bonchev–Trinajstić information content (AvgIpc) is 2.76. The first-order valence-electron chi connectivity index (χ1n) is 5.32. The van der Waals surface area contributed by atoms with Gasteiger partial charge >= 0.3 is 0 Å². The molecule has 0 aliphatic rings. The van der Waals surface area contributed by atoms with Gasteiger partial charge < -0.3 is 10.5 Å². The summed E-state index contributed by atoms with van der Waals surface area (Å²) in [6, 6.07) is 7.40. The normalized spacial score (nSPS) is 11.1. The van der Waals surface area contributed by atoms with Gasteiger partial charge in [-0.15, -0.1) is 11.3 Å². The van der Waals surface area contributed by atoms with Crippen molar-refractivity contribution in [3.05, 3.63) is 35.2 Å². The summed E-state index contributed by atoms with van der Waals surface area (Å²) in [6.07, 6.45) is -2.45. The molecule has 0 spiro atoms. The second-order valence-electron chi connectivity index (χ2n) is 3.63. The number of anilines is 1. The highest BCUT2D eigenvalue weighted by atomic mass is 32.1. The average molecular weight is 270 g/mol. The lowest BCUT2D eigenvalue weighted by atomic mass is 10.1. The van der Waals surface area contributed by atoms with Crippen LogP contribution in [0.15, 0.2) is 29.6 Å².